The van der Waals surface area contributed by atoms with Crippen molar-refractivity contribution in [3.05, 3.63) is 35.6 Å². The van der Waals surface area contributed by atoms with Crippen LogP contribution in [-0.2, 0) is 4.74 Å². The Kier molecular flexibility index (Phi) is 7.48. The van der Waals surface area contributed by atoms with Crippen LogP contribution in [0.4, 0.5) is 4.39 Å². The van der Waals surface area contributed by atoms with Crippen molar-refractivity contribution < 1.29 is 14.2 Å². The molecule has 0 radical (unpaired) electrons. The minimum absolute atomic E-state index is 0. The Balaban J connectivity index is 0.00000208. The summed E-state index contributed by atoms with van der Waals surface area (Å²) in [5.74, 6) is 0.436. The third-order valence-corrected chi connectivity index (χ3v) is 5.63. The van der Waals surface area contributed by atoms with E-state index in [4.69, 9.17) is 4.74 Å². The van der Waals surface area contributed by atoms with Gasteiger partial charge in [-0.3, -0.25) is 0 Å². The van der Waals surface area contributed by atoms with Crippen LogP contribution in [-0.4, -0.2) is 30.4 Å². The number of halogens is 2. The molecule has 1 aromatic carbocycles. The summed E-state index contributed by atoms with van der Waals surface area (Å²) in [6.45, 7) is 0. The molecule has 1 heterocycles. The van der Waals surface area contributed by atoms with Crippen molar-refractivity contribution in [1.29, 1.82) is 0 Å². The molecule has 2 aliphatic rings. The van der Waals surface area contributed by atoms with Gasteiger partial charge < -0.3 is 15.2 Å². The number of hydrogen-bond donors (Lipinski definition) is 2. The molecule has 1 aromatic rings. The predicted molar refractivity (Wildman–Crippen MR) is 95.9 cm³/mol. The fourth-order valence-electron chi connectivity index (χ4n) is 4.22. The maximum Gasteiger partial charge on any atom is 0.129 e. The van der Waals surface area contributed by atoms with Crippen molar-refractivity contribution in [3.8, 4) is 0 Å². The lowest BCUT2D eigenvalue weighted by molar-refractivity contribution is 0.0538. The van der Waals surface area contributed by atoms with E-state index in [2.05, 4.69) is 5.32 Å². The smallest absolute Gasteiger partial charge is 0.129 e. The van der Waals surface area contributed by atoms with Crippen molar-refractivity contribution in [2.24, 2.45) is 5.92 Å². The van der Waals surface area contributed by atoms with Crippen LogP contribution in [0.3, 0.4) is 0 Å². The molecule has 0 spiro atoms. The Morgan fingerprint density at radius 2 is 1.88 bits per heavy atom. The molecule has 3 atom stereocenters. The standard InChI is InChI=1S/C19H28FNO2.ClH/c1-23-15-9-6-13(7-10-15)12-14-8-11-18(21-14)19(22)16-4-2-3-5-17(16)20;/h2-5,13-15,18-19,21-22H,6-12H2,1H3;1H/t13?,14-,15?,18-,19+;/m1./s1. The highest BCUT2D eigenvalue weighted by atomic mass is 35.5. The molecule has 5 heteroatoms. The lowest BCUT2D eigenvalue weighted by atomic mass is 9.83. The van der Waals surface area contributed by atoms with Crippen molar-refractivity contribution in [3.63, 3.8) is 0 Å². The summed E-state index contributed by atoms with van der Waals surface area (Å²) in [7, 11) is 1.80. The van der Waals surface area contributed by atoms with Gasteiger partial charge in [-0.15, -0.1) is 12.4 Å². The quantitative estimate of drug-likeness (QED) is 0.837. The number of nitrogens with one attached hydrogen (secondary N) is 1. The molecule has 2 fully saturated rings. The van der Waals surface area contributed by atoms with E-state index in [9.17, 15) is 9.50 Å². The second-order valence-corrected chi connectivity index (χ2v) is 7.13. The summed E-state index contributed by atoms with van der Waals surface area (Å²) < 4.78 is 19.3. The molecule has 1 saturated heterocycles. The van der Waals surface area contributed by atoms with Gasteiger partial charge in [-0.25, -0.2) is 4.39 Å². The zero-order valence-corrected chi connectivity index (χ0v) is 15.1. The summed E-state index contributed by atoms with van der Waals surface area (Å²) in [5, 5.41) is 14.0. The Labute approximate surface area is 150 Å². The molecular weight excluding hydrogens is 329 g/mol. The van der Waals surface area contributed by atoms with E-state index in [1.54, 1.807) is 25.3 Å². The average Bonchev–Trinajstić information content (AvgIpc) is 3.04. The molecule has 0 bridgehead atoms. The summed E-state index contributed by atoms with van der Waals surface area (Å²) in [5.41, 5.74) is 0.409. The van der Waals surface area contributed by atoms with Gasteiger partial charge in [-0.1, -0.05) is 18.2 Å². The third-order valence-electron chi connectivity index (χ3n) is 5.63. The van der Waals surface area contributed by atoms with Crippen molar-refractivity contribution in [2.75, 3.05) is 7.11 Å². The number of methoxy groups -OCH3 is 1. The van der Waals surface area contributed by atoms with Crippen LogP contribution in [0.1, 0.15) is 56.6 Å². The first-order chi connectivity index (χ1) is 11.2. The number of aliphatic hydroxyl groups is 1. The highest BCUT2D eigenvalue weighted by Gasteiger charge is 2.33. The molecule has 2 N–H and O–H groups in total. The highest BCUT2D eigenvalue weighted by Crippen LogP contribution is 2.33. The Morgan fingerprint density at radius 3 is 2.54 bits per heavy atom. The predicted octanol–water partition coefficient (Wildman–Crippen LogP) is 4.00. The summed E-state index contributed by atoms with van der Waals surface area (Å²) >= 11 is 0. The zero-order valence-electron chi connectivity index (χ0n) is 14.3. The monoisotopic (exact) mass is 357 g/mol. The fraction of sp³-hybridized carbons (Fsp3) is 0.684. The number of ether oxygens (including phenoxy) is 1. The Morgan fingerprint density at radius 1 is 1.17 bits per heavy atom. The van der Waals surface area contributed by atoms with Gasteiger partial charge in [0.25, 0.3) is 0 Å². The molecule has 0 amide bonds. The molecule has 3 rings (SSSR count). The van der Waals surface area contributed by atoms with E-state index in [-0.39, 0.29) is 24.3 Å². The third kappa shape index (κ3) is 4.69. The zero-order chi connectivity index (χ0) is 16.2. The SMILES string of the molecule is COC1CCC(C[C@H]2CC[C@H]([C@@H](O)c3ccccc3F)N2)CC1.Cl. The van der Waals surface area contributed by atoms with Crippen LogP contribution in [0.15, 0.2) is 24.3 Å². The number of rotatable bonds is 5. The van der Waals surface area contributed by atoms with Crippen LogP contribution in [0.2, 0.25) is 0 Å². The highest BCUT2D eigenvalue weighted by molar-refractivity contribution is 5.85. The minimum Gasteiger partial charge on any atom is -0.387 e. The van der Waals surface area contributed by atoms with Crippen LogP contribution in [0, 0.1) is 11.7 Å². The van der Waals surface area contributed by atoms with Crippen LogP contribution >= 0.6 is 12.4 Å². The minimum atomic E-state index is -0.759. The van der Waals surface area contributed by atoms with Crippen LogP contribution < -0.4 is 5.32 Å². The maximum absolute atomic E-state index is 13.8. The largest absolute Gasteiger partial charge is 0.387 e. The van der Waals surface area contributed by atoms with Gasteiger partial charge in [0, 0.05) is 24.8 Å². The van der Waals surface area contributed by atoms with Crippen LogP contribution in [0.25, 0.3) is 0 Å². The maximum atomic E-state index is 13.8. The molecule has 136 valence electrons. The van der Waals surface area contributed by atoms with Gasteiger partial charge >= 0.3 is 0 Å². The normalized spacial score (nSPS) is 31.5. The lowest BCUT2D eigenvalue weighted by Gasteiger charge is -2.29. The van der Waals surface area contributed by atoms with E-state index in [0.717, 1.165) is 38.0 Å². The molecule has 0 aromatic heterocycles. The molecule has 3 nitrogen and oxygen atoms in total. The van der Waals surface area contributed by atoms with Crippen molar-refractivity contribution in [1.82, 2.24) is 5.32 Å². The lowest BCUT2D eigenvalue weighted by Crippen LogP contribution is -2.36. The topological polar surface area (TPSA) is 41.5 Å². The second-order valence-electron chi connectivity index (χ2n) is 7.13. The van der Waals surface area contributed by atoms with Gasteiger partial charge in [0.15, 0.2) is 0 Å². The summed E-state index contributed by atoms with van der Waals surface area (Å²) in [4.78, 5) is 0. The first-order valence-electron chi connectivity index (χ1n) is 8.88. The van der Waals surface area contributed by atoms with Gasteiger partial charge in [0.1, 0.15) is 5.82 Å². The van der Waals surface area contributed by atoms with Gasteiger partial charge in [-0.05, 0) is 56.9 Å². The molecule has 1 saturated carbocycles. The van der Waals surface area contributed by atoms with E-state index in [0.29, 0.717) is 17.7 Å². The summed E-state index contributed by atoms with van der Waals surface area (Å²) in [6.07, 6.45) is 7.62. The number of aliphatic hydroxyl groups excluding tert-OH is 1. The molecular formula is C19H29ClFNO2. The summed E-state index contributed by atoms with van der Waals surface area (Å²) in [6, 6.07) is 6.95. The molecule has 1 aliphatic carbocycles. The molecule has 24 heavy (non-hydrogen) atoms. The molecule has 0 unspecified atom stereocenters. The second kappa shape index (κ2) is 9.14. The van der Waals surface area contributed by atoms with E-state index >= 15 is 0 Å². The molecule has 1 aliphatic heterocycles. The van der Waals surface area contributed by atoms with Gasteiger partial charge in [-0.2, -0.15) is 0 Å². The van der Waals surface area contributed by atoms with Gasteiger partial charge in [0.05, 0.1) is 12.2 Å². The fourth-order valence-corrected chi connectivity index (χ4v) is 4.22. The first-order valence-corrected chi connectivity index (χ1v) is 8.88. The van der Waals surface area contributed by atoms with E-state index in [1.807, 2.05) is 0 Å². The van der Waals surface area contributed by atoms with E-state index < -0.39 is 6.10 Å². The number of benzene rings is 1. The Hall–Kier alpha value is -0.680. The Bertz CT molecular complexity index is 508. The van der Waals surface area contributed by atoms with E-state index in [1.165, 1.54) is 18.9 Å². The first kappa shape index (κ1) is 19.6. The van der Waals surface area contributed by atoms with Crippen LogP contribution in [0.5, 0.6) is 0 Å². The van der Waals surface area contributed by atoms with Gasteiger partial charge in [0.2, 0.25) is 0 Å². The van der Waals surface area contributed by atoms with Crippen molar-refractivity contribution in [2.45, 2.75) is 69.2 Å². The average molecular weight is 358 g/mol. The number of hydrogen-bond acceptors (Lipinski definition) is 3. The van der Waals surface area contributed by atoms with Crippen molar-refractivity contribution >= 4 is 12.4 Å².